The normalized spacial score (nSPS) is 20.9. The van der Waals surface area contributed by atoms with E-state index in [0.717, 1.165) is 22.3 Å². The molecule has 1 aliphatic rings. The highest BCUT2D eigenvalue weighted by Gasteiger charge is 2.41. The van der Waals surface area contributed by atoms with Crippen molar-refractivity contribution in [3.05, 3.63) is 28.2 Å². The van der Waals surface area contributed by atoms with E-state index in [1.54, 1.807) is 7.11 Å². The van der Waals surface area contributed by atoms with Crippen molar-refractivity contribution in [3.63, 3.8) is 0 Å². The minimum Gasteiger partial charge on any atom is -0.496 e. The van der Waals surface area contributed by atoms with Gasteiger partial charge in [-0.05, 0) is 53.0 Å². The van der Waals surface area contributed by atoms with Gasteiger partial charge in [-0.25, -0.2) is 0 Å². The number of likely N-dealkylation sites (tertiary alicyclic amines) is 1. The third-order valence-electron chi connectivity index (χ3n) is 3.59. The molecule has 1 aromatic rings. The number of piperidine rings is 1. The zero-order valence-corrected chi connectivity index (χ0v) is 12.8. The molecule has 2 nitrogen and oxygen atoms in total. The number of ether oxygens (including phenoxy) is 1. The first kappa shape index (κ1) is 15.6. The second kappa shape index (κ2) is 6.35. The van der Waals surface area contributed by atoms with Gasteiger partial charge in [0.05, 0.1) is 17.5 Å². The Hall–Kier alpha value is -0.750. The standard InChI is InChI=1S/C14H17BrF3NO/c1-20-13-5-4-10(7-12(13)15)8-19-6-2-3-11(9-19)14(16,17)18/h4-5,7,11H,2-3,6,8-9H2,1H3. The molecule has 1 heterocycles. The Labute approximate surface area is 125 Å². The monoisotopic (exact) mass is 351 g/mol. The third kappa shape index (κ3) is 3.88. The van der Waals surface area contributed by atoms with E-state index in [4.69, 9.17) is 4.74 Å². The quantitative estimate of drug-likeness (QED) is 0.807. The minimum atomic E-state index is -4.08. The molecule has 0 spiro atoms. The van der Waals surface area contributed by atoms with Crippen LogP contribution in [0.15, 0.2) is 22.7 Å². The van der Waals surface area contributed by atoms with Crippen LogP contribution in [0.1, 0.15) is 18.4 Å². The van der Waals surface area contributed by atoms with E-state index < -0.39 is 12.1 Å². The summed E-state index contributed by atoms with van der Waals surface area (Å²) < 4.78 is 44.3. The first-order valence-corrected chi connectivity index (χ1v) is 7.31. The Morgan fingerprint density at radius 2 is 2.15 bits per heavy atom. The second-order valence-corrected chi connectivity index (χ2v) is 5.94. The van der Waals surface area contributed by atoms with Crippen LogP contribution in [0, 0.1) is 5.92 Å². The maximum absolute atomic E-state index is 12.8. The fourth-order valence-corrected chi connectivity index (χ4v) is 3.12. The van der Waals surface area contributed by atoms with Crippen LogP contribution in [-0.4, -0.2) is 31.3 Å². The maximum atomic E-state index is 12.8. The molecule has 20 heavy (non-hydrogen) atoms. The van der Waals surface area contributed by atoms with E-state index in [-0.39, 0.29) is 13.0 Å². The highest BCUT2D eigenvalue weighted by Crippen LogP contribution is 2.34. The number of hydrogen-bond donors (Lipinski definition) is 0. The van der Waals surface area contributed by atoms with E-state index in [1.165, 1.54) is 0 Å². The van der Waals surface area contributed by atoms with Crippen LogP contribution in [0.25, 0.3) is 0 Å². The van der Waals surface area contributed by atoms with Crippen LogP contribution in [0.5, 0.6) is 5.75 Å². The van der Waals surface area contributed by atoms with E-state index in [1.807, 2.05) is 23.1 Å². The average Bonchev–Trinajstić information content (AvgIpc) is 2.38. The number of methoxy groups -OCH3 is 1. The van der Waals surface area contributed by atoms with Gasteiger partial charge in [-0.3, -0.25) is 4.90 Å². The SMILES string of the molecule is COc1ccc(CN2CCCC(C(F)(F)F)C2)cc1Br. The number of nitrogens with zero attached hydrogens (tertiary/aromatic N) is 1. The van der Waals surface area contributed by atoms with Crippen molar-refractivity contribution in [2.75, 3.05) is 20.2 Å². The van der Waals surface area contributed by atoms with Gasteiger partial charge in [-0.15, -0.1) is 0 Å². The molecule has 0 saturated carbocycles. The molecule has 0 radical (unpaired) electrons. The Morgan fingerprint density at radius 1 is 1.40 bits per heavy atom. The van der Waals surface area contributed by atoms with Crippen LogP contribution >= 0.6 is 15.9 Å². The molecule has 0 aromatic heterocycles. The zero-order valence-electron chi connectivity index (χ0n) is 11.2. The fraction of sp³-hybridized carbons (Fsp3) is 0.571. The van der Waals surface area contributed by atoms with Crippen molar-refractivity contribution < 1.29 is 17.9 Å². The van der Waals surface area contributed by atoms with Gasteiger partial charge in [0.25, 0.3) is 0 Å². The second-order valence-electron chi connectivity index (χ2n) is 5.08. The van der Waals surface area contributed by atoms with Crippen molar-refractivity contribution in [1.29, 1.82) is 0 Å². The van der Waals surface area contributed by atoms with Gasteiger partial charge in [-0.2, -0.15) is 13.2 Å². The number of benzene rings is 1. The van der Waals surface area contributed by atoms with Crippen molar-refractivity contribution in [1.82, 2.24) is 4.90 Å². The van der Waals surface area contributed by atoms with Crippen LogP contribution < -0.4 is 4.74 Å². The Kier molecular flexibility index (Phi) is 4.96. The van der Waals surface area contributed by atoms with Gasteiger partial charge in [0, 0.05) is 13.1 Å². The molecular formula is C14H17BrF3NO. The summed E-state index contributed by atoms with van der Waals surface area (Å²) in [4.78, 5) is 1.87. The van der Waals surface area contributed by atoms with E-state index in [2.05, 4.69) is 15.9 Å². The Balaban J connectivity index is 2.01. The molecule has 2 rings (SSSR count). The highest BCUT2D eigenvalue weighted by atomic mass is 79.9. The molecule has 1 atom stereocenters. The topological polar surface area (TPSA) is 12.5 Å². The molecule has 0 N–H and O–H groups in total. The minimum absolute atomic E-state index is 0.0904. The average molecular weight is 352 g/mol. The van der Waals surface area contributed by atoms with Crippen molar-refractivity contribution in [3.8, 4) is 5.75 Å². The molecule has 0 bridgehead atoms. The van der Waals surface area contributed by atoms with Crippen LogP contribution in [-0.2, 0) is 6.54 Å². The zero-order chi connectivity index (χ0) is 14.8. The van der Waals surface area contributed by atoms with E-state index >= 15 is 0 Å². The summed E-state index contributed by atoms with van der Waals surface area (Å²) in [6.45, 7) is 1.35. The first-order chi connectivity index (χ1) is 9.40. The van der Waals surface area contributed by atoms with Crippen LogP contribution in [0.4, 0.5) is 13.2 Å². The summed E-state index contributed by atoms with van der Waals surface area (Å²) in [7, 11) is 1.58. The number of rotatable bonds is 3. The molecule has 0 aliphatic carbocycles. The van der Waals surface area contributed by atoms with Gasteiger partial charge >= 0.3 is 6.18 Å². The smallest absolute Gasteiger partial charge is 0.393 e. The summed E-state index contributed by atoms with van der Waals surface area (Å²) in [5.74, 6) is -0.474. The fourth-order valence-electron chi connectivity index (χ4n) is 2.53. The molecule has 6 heteroatoms. The third-order valence-corrected chi connectivity index (χ3v) is 4.21. The Bertz CT molecular complexity index is 464. The van der Waals surface area contributed by atoms with E-state index in [0.29, 0.717) is 13.0 Å². The molecule has 1 fully saturated rings. The molecule has 1 unspecified atom stereocenters. The molecule has 1 saturated heterocycles. The predicted octanol–water partition coefficient (Wildman–Crippen LogP) is 4.23. The lowest BCUT2D eigenvalue weighted by Crippen LogP contribution is -2.41. The van der Waals surface area contributed by atoms with Crippen LogP contribution in [0.2, 0.25) is 0 Å². The lowest BCUT2D eigenvalue weighted by Gasteiger charge is -2.33. The van der Waals surface area contributed by atoms with Gasteiger partial charge in [0.15, 0.2) is 0 Å². The van der Waals surface area contributed by atoms with Gasteiger partial charge in [0.1, 0.15) is 5.75 Å². The van der Waals surface area contributed by atoms with Gasteiger partial charge in [0.2, 0.25) is 0 Å². The maximum Gasteiger partial charge on any atom is 0.393 e. The highest BCUT2D eigenvalue weighted by molar-refractivity contribution is 9.10. The van der Waals surface area contributed by atoms with Crippen molar-refractivity contribution in [2.45, 2.75) is 25.6 Å². The Morgan fingerprint density at radius 3 is 2.75 bits per heavy atom. The summed E-state index contributed by atoms with van der Waals surface area (Å²) in [6, 6.07) is 5.61. The summed E-state index contributed by atoms with van der Waals surface area (Å²) >= 11 is 3.39. The van der Waals surface area contributed by atoms with Crippen molar-refractivity contribution in [2.24, 2.45) is 5.92 Å². The predicted molar refractivity (Wildman–Crippen MR) is 74.8 cm³/mol. The number of alkyl halides is 3. The lowest BCUT2D eigenvalue weighted by molar-refractivity contribution is -0.187. The van der Waals surface area contributed by atoms with Crippen molar-refractivity contribution >= 4 is 15.9 Å². The van der Waals surface area contributed by atoms with Gasteiger partial charge in [-0.1, -0.05) is 6.07 Å². The molecule has 1 aliphatic heterocycles. The summed E-state index contributed by atoms with van der Waals surface area (Å²) in [6.07, 6.45) is -3.24. The van der Waals surface area contributed by atoms with Gasteiger partial charge < -0.3 is 4.74 Å². The summed E-state index contributed by atoms with van der Waals surface area (Å²) in [5.41, 5.74) is 0.987. The summed E-state index contributed by atoms with van der Waals surface area (Å²) in [5, 5.41) is 0. The lowest BCUT2D eigenvalue weighted by atomic mass is 9.97. The first-order valence-electron chi connectivity index (χ1n) is 6.51. The largest absolute Gasteiger partial charge is 0.496 e. The molecule has 1 aromatic carbocycles. The number of halogens is 4. The number of hydrogen-bond acceptors (Lipinski definition) is 2. The molecule has 112 valence electrons. The molecular weight excluding hydrogens is 335 g/mol. The van der Waals surface area contributed by atoms with Crippen LogP contribution in [0.3, 0.4) is 0 Å². The van der Waals surface area contributed by atoms with E-state index in [9.17, 15) is 13.2 Å². The molecule has 0 amide bonds.